The zero-order valence-electron chi connectivity index (χ0n) is 32.6. The van der Waals surface area contributed by atoms with Gasteiger partial charge in [0.1, 0.15) is 6.10 Å². The van der Waals surface area contributed by atoms with Gasteiger partial charge in [-0.05, 0) is 32.1 Å². The first-order valence-electron chi connectivity index (χ1n) is 21.1. The molecule has 4 N–H and O–H groups in total. The van der Waals surface area contributed by atoms with E-state index in [0.29, 0.717) is 12.8 Å². The molecule has 0 aromatic heterocycles. The van der Waals surface area contributed by atoms with Crippen molar-refractivity contribution in [3.8, 4) is 0 Å². The van der Waals surface area contributed by atoms with Crippen molar-refractivity contribution in [1.82, 2.24) is 5.32 Å². The van der Waals surface area contributed by atoms with Gasteiger partial charge in [0.05, 0.1) is 17.9 Å². The van der Waals surface area contributed by atoms with E-state index >= 15 is 0 Å². The minimum Gasteiger partial charge on any atom is -0.387 e. The van der Waals surface area contributed by atoms with Crippen molar-refractivity contribution in [3.05, 3.63) is 24.3 Å². The van der Waals surface area contributed by atoms with Crippen LogP contribution in [0.15, 0.2) is 24.3 Å². The molecule has 0 aliphatic rings. The van der Waals surface area contributed by atoms with Crippen molar-refractivity contribution in [2.45, 2.75) is 231 Å². The Balaban J connectivity index is 4.01. The number of unbranched alkanes of at least 4 members (excludes halogenated alkanes) is 27. The maximum absolute atomic E-state index is 12.6. The lowest BCUT2D eigenvalue weighted by Crippen LogP contribution is -2.50. The molecule has 3 unspecified atom stereocenters. The van der Waals surface area contributed by atoms with Gasteiger partial charge in [0.15, 0.2) is 0 Å². The summed E-state index contributed by atoms with van der Waals surface area (Å²) in [7, 11) is -4.45. The molecular formula is C42H81NO6S. The van der Waals surface area contributed by atoms with E-state index in [4.69, 9.17) is 0 Å². The quantitative estimate of drug-likeness (QED) is 0.0285. The molecule has 296 valence electrons. The number of allylic oxidation sites excluding steroid dienone is 3. The fraction of sp³-hybridized carbons (Fsp3) is 0.881. The Morgan fingerprint density at radius 1 is 0.540 bits per heavy atom. The van der Waals surface area contributed by atoms with Crippen LogP contribution >= 0.6 is 0 Å². The average Bonchev–Trinajstić information content (AvgIpc) is 3.08. The maximum Gasteiger partial charge on any atom is 0.267 e. The summed E-state index contributed by atoms with van der Waals surface area (Å²) < 4.78 is 32.5. The van der Waals surface area contributed by atoms with E-state index in [1.807, 2.05) is 0 Å². The zero-order valence-corrected chi connectivity index (χ0v) is 33.5. The Morgan fingerprint density at radius 2 is 0.900 bits per heavy atom. The van der Waals surface area contributed by atoms with Gasteiger partial charge >= 0.3 is 0 Å². The molecule has 8 heteroatoms. The number of carbonyl (C=O) groups is 1. The molecule has 0 bridgehead atoms. The van der Waals surface area contributed by atoms with Gasteiger partial charge < -0.3 is 15.5 Å². The Morgan fingerprint density at radius 3 is 1.32 bits per heavy atom. The molecule has 0 radical (unpaired) electrons. The van der Waals surface area contributed by atoms with E-state index in [0.717, 1.165) is 32.1 Å². The van der Waals surface area contributed by atoms with Crippen LogP contribution in [-0.4, -0.2) is 53.1 Å². The Bertz CT molecular complexity index is 906. The Labute approximate surface area is 309 Å². The average molecular weight is 728 g/mol. The predicted molar refractivity (Wildman–Crippen MR) is 213 cm³/mol. The number of aliphatic hydroxyl groups excluding tert-OH is 2. The Hall–Kier alpha value is -1.22. The lowest BCUT2D eigenvalue weighted by atomic mass is 10.0. The first-order chi connectivity index (χ1) is 24.2. The third-order valence-electron chi connectivity index (χ3n) is 9.74. The van der Waals surface area contributed by atoms with Crippen LogP contribution in [0.25, 0.3) is 0 Å². The van der Waals surface area contributed by atoms with Gasteiger partial charge in [0, 0.05) is 0 Å². The topological polar surface area (TPSA) is 124 Å². The minimum absolute atomic E-state index is 0.278. The monoisotopic (exact) mass is 728 g/mol. The summed E-state index contributed by atoms with van der Waals surface area (Å²) in [5.74, 6) is -1.55. The second kappa shape index (κ2) is 36.2. The van der Waals surface area contributed by atoms with Crippen LogP contribution in [0.2, 0.25) is 0 Å². The van der Waals surface area contributed by atoms with Crippen LogP contribution in [0.3, 0.4) is 0 Å². The molecule has 0 aromatic rings. The van der Waals surface area contributed by atoms with Gasteiger partial charge in [-0.2, -0.15) is 8.42 Å². The summed E-state index contributed by atoms with van der Waals surface area (Å²) >= 11 is 0. The molecule has 7 nitrogen and oxygen atoms in total. The first-order valence-corrected chi connectivity index (χ1v) is 22.8. The van der Waals surface area contributed by atoms with E-state index in [9.17, 15) is 28.0 Å². The summed E-state index contributed by atoms with van der Waals surface area (Å²) in [6, 6.07) is -1.24. The molecule has 0 heterocycles. The van der Waals surface area contributed by atoms with E-state index in [1.54, 1.807) is 6.08 Å². The van der Waals surface area contributed by atoms with Crippen molar-refractivity contribution in [3.63, 3.8) is 0 Å². The van der Waals surface area contributed by atoms with E-state index in [-0.39, 0.29) is 6.42 Å². The van der Waals surface area contributed by atoms with Gasteiger partial charge in [-0.3, -0.25) is 9.35 Å². The lowest BCUT2D eigenvalue weighted by molar-refractivity contribution is -0.130. The van der Waals surface area contributed by atoms with Crippen LogP contribution in [0, 0.1) is 0 Å². The molecule has 3 atom stereocenters. The number of carbonyl (C=O) groups excluding carboxylic acids is 1. The molecule has 0 aliphatic carbocycles. The summed E-state index contributed by atoms with van der Waals surface area (Å²) in [4.78, 5) is 12.6. The normalized spacial score (nSPS) is 14.1. The predicted octanol–water partition coefficient (Wildman–Crippen LogP) is 11.3. The number of aliphatic hydroxyl groups is 2. The van der Waals surface area contributed by atoms with E-state index in [1.165, 1.54) is 154 Å². The van der Waals surface area contributed by atoms with Gasteiger partial charge in [0.25, 0.3) is 10.1 Å². The molecule has 0 aromatic carbocycles. The lowest BCUT2D eigenvalue weighted by Gasteiger charge is -2.22. The molecule has 0 saturated heterocycles. The highest BCUT2D eigenvalue weighted by Gasteiger charge is 2.27. The van der Waals surface area contributed by atoms with E-state index in [2.05, 4.69) is 31.3 Å². The third kappa shape index (κ3) is 35.2. The Kier molecular flexibility index (Phi) is 35.3. The molecule has 0 saturated carbocycles. The van der Waals surface area contributed by atoms with Gasteiger partial charge in [0.2, 0.25) is 5.91 Å². The van der Waals surface area contributed by atoms with Crippen LogP contribution in [0.4, 0.5) is 0 Å². The van der Waals surface area contributed by atoms with Gasteiger partial charge in [-0.1, -0.05) is 205 Å². The van der Waals surface area contributed by atoms with Crippen LogP contribution in [0.5, 0.6) is 0 Å². The molecule has 0 aliphatic heterocycles. The molecule has 0 spiro atoms. The van der Waals surface area contributed by atoms with Crippen LogP contribution in [-0.2, 0) is 14.9 Å². The summed E-state index contributed by atoms with van der Waals surface area (Å²) in [6.07, 6.45) is 42.4. The minimum atomic E-state index is -4.45. The second-order valence-corrected chi connectivity index (χ2v) is 16.3. The molecule has 0 fully saturated rings. The third-order valence-corrected chi connectivity index (χ3v) is 10.5. The van der Waals surface area contributed by atoms with Crippen molar-refractivity contribution < 1.29 is 28.0 Å². The fourth-order valence-corrected chi connectivity index (χ4v) is 7.21. The second-order valence-electron chi connectivity index (χ2n) is 14.8. The van der Waals surface area contributed by atoms with Crippen molar-refractivity contribution in [2.75, 3.05) is 5.75 Å². The first kappa shape index (κ1) is 48.8. The smallest absolute Gasteiger partial charge is 0.267 e. The van der Waals surface area contributed by atoms with Crippen molar-refractivity contribution in [2.24, 2.45) is 0 Å². The highest BCUT2D eigenvalue weighted by molar-refractivity contribution is 7.85. The molecule has 50 heavy (non-hydrogen) atoms. The highest BCUT2D eigenvalue weighted by atomic mass is 32.2. The zero-order chi connectivity index (χ0) is 37.0. The number of hydrogen-bond acceptors (Lipinski definition) is 5. The highest BCUT2D eigenvalue weighted by Crippen LogP contribution is 2.16. The summed E-state index contributed by atoms with van der Waals surface area (Å²) in [5.41, 5.74) is 0. The van der Waals surface area contributed by atoms with Crippen molar-refractivity contribution in [1.29, 1.82) is 0 Å². The van der Waals surface area contributed by atoms with Gasteiger partial charge in [-0.15, -0.1) is 0 Å². The fourth-order valence-electron chi connectivity index (χ4n) is 6.47. The molecule has 1 amide bonds. The number of amides is 1. The van der Waals surface area contributed by atoms with Gasteiger partial charge in [-0.25, -0.2) is 0 Å². The maximum atomic E-state index is 12.6. The van der Waals surface area contributed by atoms with Crippen LogP contribution < -0.4 is 5.32 Å². The van der Waals surface area contributed by atoms with Crippen molar-refractivity contribution >= 4 is 16.0 Å². The standard InChI is InChI=1S/C42H81NO6S/c1-3-5-7-9-11-13-15-17-19-20-21-22-23-25-27-29-31-33-35-37-41(45)42(46)43-39(38-50(47,48)49)40(44)36-34-32-30-28-26-24-18-16-14-12-10-8-6-4-2/h26,28,34,36,39-41,44-45H,3-25,27,29-33,35,37-38H2,1-2H3,(H,43,46)(H,47,48,49)/b28-26+,36-34+. The number of hydrogen-bond donors (Lipinski definition) is 4. The number of rotatable bonds is 38. The summed E-state index contributed by atoms with van der Waals surface area (Å²) in [5, 5.41) is 23.4. The largest absolute Gasteiger partial charge is 0.387 e. The molecular weight excluding hydrogens is 647 g/mol. The SMILES string of the molecule is CCCCCCCCCC/C=C/CC/C=C/C(O)C(CS(=O)(=O)O)NC(=O)C(O)CCCCCCCCCCCCCCCCCCCCC. The molecule has 0 rings (SSSR count). The van der Waals surface area contributed by atoms with E-state index < -0.39 is 40.0 Å². The van der Waals surface area contributed by atoms with Crippen LogP contribution in [0.1, 0.15) is 213 Å². The number of nitrogens with one attached hydrogen (secondary N) is 1. The summed E-state index contributed by atoms with van der Waals surface area (Å²) in [6.45, 7) is 4.51.